The monoisotopic (exact) mass is 425 g/mol. The first kappa shape index (κ1) is 21.5. The molecule has 2 rings (SSSR count). The van der Waals surface area contributed by atoms with Crippen LogP contribution in [0.4, 0.5) is 5.69 Å². The fraction of sp³-hybridized carbons (Fsp3) is 0.211. The maximum atomic E-state index is 12.5. The number of nitrogens with one attached hydrogen (secondary N) is 1. The summed E-state index contributed by atoms with van der Waals surface area (Å²) in [7, 11) is 2.43. The topological polar surface area (TPSA) is 90.9 Å². The summed E-state index contributed by atoms with van der Waals surface area (Å²) in [6, 6.07) is 8.65. The number of methoxy groups -OCH3 is 2. The second-order valence-electron chi connectivity index (χ2n) is 5.57. The predicted molar refractivity (Wildman–Crippen MR) is 104 cm³/mol. The number of rotatable bonds is 6. The van der Waals surface area contributed by atoms with Crippen LogP contribution in [0.2, 0.25) is 10.0 Å². The third-order valence-corrected chi connectivity index (χ3v) is 4.20. The van der Waals surface area contributed by atoms with Crippen molar-refractivity contribution in [2.24, 2.45) is 0 Å². The second-order valence-corrected chi connectivity index (χ2v) is 6.41. The van der Waals surface area contributed by atoms with Crippen LogP contribution in [0.5, 0.6) is 5.75 Å². The van der Waals surface area contributed by atoms with Crippen molar-refractivity contribution in [3.63, 3.8) is 0 Å². The third kappa shape index (κ3) is 5.15. The Kier molecular flexibility index (Phi) is 7.25. The molecule has 0 unspecified atom stereocenters. The van der Waals surface area contributed by atoms with Crippen LogP contribution in [0.25, 0.3) is 0 Å². The van der Waals surface area contributed by atoms with E-state index in [-0.39, 0.29) is 27.6 Å². The molecule has 0 aromatic heterocycles. The molecule has 2 aromatic carbocycles. The molecular weight excluding hydrogens is 409 g/mol. The van der Waals surface area contributed by atoms with Crippen molar-refractivity contribution in [2.45, 2.75) is 13.0 Å². The Morgan fingerprint density at radius 3 is 2.25 bits per heavy atom. The SMILES string of the molecule is COC(=O)c1ccc(C(=O)OC)c(NC(=O)[C@@H](C)Oc2ccc(Cl)cc2Cl)c1. The van der Waals surface area contributed by atoms with Crippen molar-refractivity contribution >= 4 is 46.7 Å². The summed E-state index contributed by atoms with van der Waals surface area (Å²) in [5.41, 5.74) is 0.303. The van der Waals surface area contributed by atoms with Crippen LogP contribution in [0.1, 0.15) is 27.6 Å². The number of halogens is 2. The van der Waals surface area contributed by atoms with Crippen molar-refractivity contribution in [1.82, 2.24) is 0 Å². The highest BCUT2D eigenvalue weighted by molar-refractivity contribution is 6.35. The van der Waals surface area contributed by atoms with Gasteiger partial charge in [0.05, 0.1) is 36.1 Å². The third-order valence-electron chi connectivity index (χ3n) is 3.67. The second kappa shape index (κ2) is 9.43. The molecule has 0 aliphatic rings. The smallest absolute Gasteiger partial charge is 0.339 e. The molecule has 0 heterocycles. The van der Waals surface area contributed by atoms with Crippen LogP contribution in [0, 0.1) is 0 Å². The van der Waals surface area contributed by atoms with E-state index in [0.29, 0.717) is 5.02 Å². The maximum absolute atomic E-state index is 12.5. The van der Waals surface area contributed by atoms with Gasteiger partial charge in [-0.3, -0.25) is 4.79 Å². The molecule has 0 aliphatic heterocycles. The Morgan fingerprint density at radius 1 is 0.964 bits per heavy atom. The summed E-state index contributed by atoms with van der Waals surface area (Å²) >= 11 is 11.9. The first-order valence-electron chi connectivity index (χ1n) is 8.00. The molecule has 0 fully saturated rings. The first-order chi connectivity index (χ1) is 13.3. The van der Waals surface area contributed by atoms with Crippen LogP contribution >= 0.6 is 23.2 Å². The predicted octanol–water partition coefficient (Wildman–Crippen LogP) is 3.97. The van der Waals surface area contributed by atoms with Crippen LogP contribution < -0.4 is 10.1 Å². The van der Waals surface area contributed by atoms with Crippen molar-refractivity contribution < 1.29 is 28.6 Å². The Morgan fingerprint density at radius 2 is 1.64 bits per heavy atom. The maximum Gasteiger partial charge on any atom is 0.339 e. The zero-order valence-corrected chi connectivity index (χ0v) is 16.8. The molecule has 2 aromatic rings. The molecule has 0 aliphatic carbocycles. The summed E-state index contributed by atoms with van der Waals surface area (Å²) in [5, 5.41) is 3.23. The Bertz CT molecular complexity index is 915. The van der Waals surface area contributed by atoms with Gasteiger partial charge >= 0.3 is 11.9 Å². The van der Waals surface area contributed by atoms with Gasteiger partial charge in [-0.25, -0.2) is 9.59 Å². The van der Waals surface area contributed by atoms with Crippen molar-refractivity contribution in [2.75, 3.05) is 19.5 Å². The molecule has 9 heteroatoms. The molecule has 0 spiro atoms. The quantitative estimate of drug-likeness (QED) is 0.703. The fourth-order valence-corrected chi connectivity index (χ4v) is 2.68. The van der Waals surface area contributed by atoms with E-state index < -0.39 is 23.9 Å². The van der Waals surface area contributed by atoms with Gasteiger partial charge in [0.15, 0.2) is 6.10 Å². The minimum Gasteiger partial charge on any atom is -0.479 e. The van der Waals surface area contributed by atoms with Gasteiger partial charge in [0.1, 0.15) is 5.75 Å². The number of benzene rings is 2. The van der Waals surface area contributed by atoms with Crippen LogP contribution in [0.3, 0.4) is 0 Å². The average Bonchev–Trinajstić information content (AvgIpc) is 2.68. The number of amides is 1. The zero-order chi connectivity index (χ0) is 20.8. The molecule has 28 heavy (non-hydrogen) atoms. The highest BCUT2D eigenvalue weighted by Gasteiger charge is 2.21. The van der Waals surface area contributed by atoms with E-state index in [9.17, 15) is 14.4 Å². The summed E-state index contributed by atoms with van der Waals surface area (Å²) in [4.78, 5) is 36.2. The first-order valence-corrected chi connectivity index (χ1v) is 8.75. The van der Waals surface area contributed by atoms with Crippen LogP contribution in [-0.2, 0) is 14.3 Å². The van der Waals surface area contributed by atoms with Gasteiger partial charge in [-0.2, -0.15) is 0 Å². The number of carbonyl (C=O) groups is 3. The summed E-state index contributed by atoms with van der Waals surface area (Å²) in [5.74, 6) is -1.60. The van der Waals surface area contributed by atoms with Crippen molar-refractivity contribution in [1.29, 1.82) is 0 Å². The van der Waals surface area contributed by atoms with Gasteiger partial charge in [0, 0.05) is 5.02 Å². The fourth-order valence-electron chi connectivity index (χ4n) is 2.23. The largest absolute Gasteiger partial charge is 0.479 e. The Labute approximate surface area is 171 Å². The summed E-state index contributed by atoms with van der Waals surface area (Å²) in [6.45, 7) is 1.50. The minimum absolute atomic E-state index is 0.0697. The lowest BCUT2D eigenvalue weighted by atomic mass is 10.1. The van der Waals surface area contributed by atoms with Crippen molar-refractivity contribution in [3.8, 4) is 5.75 Å². The molecule has 0 radical (unpaired) electrons. The van der Waals surface area contributed by atoms with Crippen molar-refractivity contribution in [3.05, 3.63) is 57.6 Å². The van der Waals surface area contributed by atoms with E-state index in [2.05, 4.69) is 10.1 Å². The van der Waals surface area contributed by atoms with Gasteiger partial charge in [0.25, 0.3) is 5.91 Å². The average molecular weight is 426 g/mol. The highest BCUT2D eigenvalue weighted by Crippen LogP contribution is 2.28. The van der Waals surface area contributed by atoms with E-state index in [1.165, 1.54) is 51.5 Å². The number of ether oxygens (including phenoxy) is 3. The molecule has 0 bridgehead atoms. The summed E-state index contributed by atoms with van der Waals surface area (Å²) < 4.78 is 14.9. The van der Waals surface area contributed by atoms with E-state index in [4.69, 9.17) is 32.7 Å². The number of esters is 2. The molecule has 0 saturated carbocycles. The normalized spacial score (nSPS) is 11.3. The number of anilines is 1. The van der Waals surface area contributed by atoms with Gasteiger partial charge in [0.2, 0.25) is 0 Å². The number of hydrogen-bond donors (Lipinski definition) is 1. The molecule has 1 atom stereocenters. The standard InChI is InChI=1S/C19H17Cl2NO6/c1-10(28-16-7-5-12(20)9-14(16)21)17(23)22-15-8-11(18(24)26-2)4-6-13(15)19(25)27-3/h4-10H,1-3H3,(H,22,23)/t10-/m1/s1. The molecule has 7 nitrogen and oxygen atoms in total. The van der Waals surface area contributed by atoms with Gasteiger partial charge in [-0.05, 0) is 43.3 Å². The lowest BCUT2D eigenvalue weighted by Crippen LogP contribution is -2.31. The van der Waals surface area contributed by atoms with E-state index >= 15 is 0 Å². The van der Waals surface area contributed by atoms with E-state index in [1.54, 1.807) is 6.07 Å². The van der Waals surface area contributed by atoms with Crippen LogP contribution in [-0.4, -0.2) is 38.2 Å². The van der Waals surface area contributed by atoms with Gasteiger partial charge < -0.3 is 19.5 Å². The minimum atomic E-state index is -0.967. The molecule has 1 amide bonds. The highest BCUT2D eigenvalue weighted by atomic mass is 35.5. The van der Waals surface area contributed by atoms with Crippen LogP contribution in [0.15, 0.2) is 36.4 Å². The Hall–Kier alpha value is -2.77. The van der Waals surface area contributed by atoms with Gasteiger partial charge in [-0.1, -0.05) is 23.2 Å². The number of hydrogen-bond acceptors (Lipinski definition) is 6. The van der Waals surface area contributed by atoms with E-state index in [0.717, 1.165) is 0 Å². The molecule has 1 N–H and O–H groups in total. The van der Waals surface area contributed by atoms with Gasteiger partial charge in [-0.15, -0.1) is 0 Å². The lowest BCUT2D eigenvalue weighted by molar-refractivity contribution is -0.122. The lowest BCUT2D eigenvalue weighted by Gasteiger charge is -2.17. The molecular formula is C19H17Cl2NO6. The molecule has 148 valence electrons. The van der Waals surface area contributed by atoms with E-state index in [1.807, 2.05) is 0 Å². The molecule has 0 saturated heterocycles. The summed E-state index contributed by atoms with van der Waals surface area (Å²) in [6.07, 6.45) is -0.967. The Balaban J connectivity index is 2.25. The zero-order valence-electron chi connectivity index (χ0n) is 15.2. The number of carbonyl (C=O) groups excluding carboxylic acids is 3.